The van der Waals surface area contributed by atoms with Gasteiger partial charge in [0.25, 0.3) is 0 Å². The number of rotatable bonds is 4. The number of benzene rings is 2. The lowest BCUT2D eigenvalue weighted by Crippen LogP contribution is -2.14. The van der Waals surface area contributed by atoms with Gasteiger partial charge < -0.3 is 11.1 Å². The second kappa shape index (κ2) is 7.07. The molecular weight excluding hydrogens is 327 g/mol. The lowest BCUT2D eigenvalue weighted by atomic mass is 10.2. The second-order valence-electron chi connectivity index (χ2n) is 4.49. The van der Waals surface area contributed by atoms with Gasteiger partial charge in [-0.1, -0.05) is 23.2 Å². The molecule has 2 aromatic rings. The molecule has 2 rings (SSSR count). The van der Waals surface area contributed by atoms with Crippen LogP contribution in [0.3, 0.4) is 0 Å². The van der Waals surface area contributed by atoms with Gasteiger partial charge >= 0.3 is 0 Å². The van der Waals surface area contributed by atoms with Crippen molar-refractivity contribution in [2.75, 3.05) is 16.8 Å². The summed E-state index contributed by atoms with van der Waals surface area (Å²) in [5.41, 5.74) is 8.00. The third kappa shape index (κ3) is 4.56. The number of halogens is 2. The summed E-state index contributed by atoms with van der Waals surface area (Å²) in [6.07, 6.45) is 0. The molecule has 0 fully saturated rings. The van der Waals surface area contributed by atoms with Crippen LogP contribution in [0, 0.1) is 6.92 Å². The molecule has 0 saturated heterocycles. The number of amides is 1. The topological polar surface area (TPSA) is 55.1 Å². The van der Waals surface area contributed by atoms with E-state index in [1.54, 1.807) is 36.4 Å². The number of carbonyl (C=O) groups is 1. The quantitative estimate of drug-likeness (QED) is 0.630. The highest BCUT2D eigenvalue weighted by molar-refractivity contribution is 8.00. The number of thioether (sulfide) groups is 1. The minimum absolute atomic E-state index is 0.107. The molecule has 2 aromatic carbocycles. The summed E-state index contributed by atoms with van der Waals surface area (Å²) in [6.45, 7) is 1.89. The molecule has 110 valence electrons. The van der Waals surface area contributed by atoms with Crippen LogP contribution in [0.2, 0.25) is 10.0 Å². The van der Waals surface area contributed by atoms with Crippen LogP contribution in [0.15, 0.2) is 41.3 Å². The van der Waals surface area contributed by atoms with Crippen molar-refractivity contribution in [2.45, 2.75) is 11.8 Å². The maximum absolute atomic E-state index is 12.0. The Morgan fingerprint density at radius 1 is 1.24 bits per heavy atom. The molecule has 0 heterocycles. The first-order chi connectivity index (χ1) is 9.95. The maximum atomic E-state index is 12.0. The van der Waals surface area contributed by atoms with E-state index in [0.29, 0.717) is 15.7 Å². The van der Waals surface area contributed by atoms with Gasteiger partial charge in [-0.05, 0) is 48.9 Å². The summed E-state index contributed by atoms with van der Waals surface area (Å²) in [7, 11) is 0. The van der Waals surface area contributed by atoms with E-state index in [4.69, 9.17) is 28.9 Å². The normalized spacial score (nSPS) is 10.4. The van der Waals surface area contributed by atoms with Crippen LogP contribution in [0.25, 0.3) is 0 Å². The standard InChI is InChI=1S/C15H14Cl2N2OS/c1-9-6-10(16)2-5-13(9)19-15(20)8-21-14-7-11(18)3-4-12(14)17/h2-7H,8,18H2,1H3,(H,19,20). The van der Waals surface area contributed by atoms with Gasteiger partial charge in [0.1, 0.15) is 0 Å². The van der Waals surface area contributed by atoms with Gasteiger partial charge in [0.15, 0.2) is 0 Å². The zero-order chi connectivity index (χ0) is 15.4. The molecule has 6 heteroatoms. The molecule has 0 aromatic heterocycles. The van der Waals surface area contributed by atoms with Gasteiger partial charge in [-0.15, -0.1) is 11.8 Å². The average Bonchev–Trinajstić information content (AvgIpc) is 2.43. The number of carbonyl (C=O) groups excluding carboxylic acids is 1. The first-order valence-electron chi connectivity index (χ1n) is 6.19. The molecule has 3 nitrogen and oxygen atoms in total. The van der Waals surface area contributed by atoms with Crippen LogP contribution in [0.5, 0.6) is 0 Å². The summed E-state index contributed by atoms with van der Waals surface area (Å²) in [5, 5.41) is 4.08. The first-order valence-corrected chi connectivity index (χ1v) is 7.93. The van der Waals surface area contributed by atoms with Crippen molar-refractivity contribution >= 4 is 52.2 Å². The highest BCUT2D eigenvalue weighted by Crippen LogP contribution is 2.29. The van der Waals surface area contributed by atoms with E-state index in [9.17, 15) is 4.79 Å². The van der Waals surface area contributed by atoms with Crippen molar-refractivity contribution < 1.29 is 4.79 Å². The highest BCUT2D eigenvalue weighted by atomic mass is 35.5. The van der Waals surface area contributed by atoms with Crippen molar-refractivity contribution in [3.8, 4) is 0 Å². The van der Waals surface area contributed by atoms with Gasteiger partial charge in [-0.25, -0.2) is 0 Å². The summed E-state index contributed by atoms with van der Waals surface area (Å²) in [6, 6.07) is 10.5. The monoisotopic (exact) mass is 340 g/mol. The SMILES string of the molecule is Cc1cc(Cl)ccc1NC(=O)CSc1cc(N)ccc1Cl. The lowest BCUT2D eigenvalue weighted by Gasteiger charge is -2.09. The molecule has 3 N–H and O–H groups in total. The third-order valence-corrected chi connectivity index (χ3v) is 4.51. The van der Waals surface area contributed by atoms with E-state index in [2.05, 4.69) is 5.32 Å². The Labute approximate surface area is 137 Å². The number of hydrogen-bond acceptors (Lipinski definition) is 3. The van der Waals surface area contributed by atoms with Crippen molar-refractivity contribution in [1.82, 2.24) is 0 Å². The number of nitrogen functional groups attached to an aromatic ring is 1. The smallest absolute Gasteiger partial charge is 0.234 e. The fraction of sp³-hybridized carbons (Fsp3) is 0.133. The summed E-state index contributed by atoms with van der Waals surface area (Å²) >= 11 is 13.3. The highest BCUT2D eigenvalue weighted by Gasteiger charge is 2.08. The Bertz CT molecular complexity index is 677. The zero-order valence-corrected chi connectivity index (χ0v) is 13.6. The molecule has 0 aliphatic heterocycles. The van der Waals surface area contributed by atoms with Crippen LogP contribution in [-0.4, -0.2) is 11.7 Å². The third-order valence-electron chi connectivity index (χ3n) is 2.78. The molecule has 0 radical (unpaired) electrons. The van der Waals surface area contributed by atoms with Crippen molar-refractivity contribution in [3.05, 3.63) is 52.0 Å². The Hall–Kier alpha value is -1.36. The van der Waals surface area contributed by atoms with Crippen LogP contribution in [0.1, 0.15) is 5.56 Å². The summed E-state index contributed by atoms with van der Waals surface area (Å²) < 4.78 is 0. The predicted molar refractivity (Wildman–Crippen MR) is 91.4 cm³/mol. The van der Waals surface area contributed by atoms with Crippen LogP contribution >= 0.6 is 35.0 Å². The van der Waals surface area contributed by atoms with E-state index >= 15 is 0 Å². The molecule has 0 spiro atoms. The van der Waals surface area contributed by atoms with Gasteiger partial charge in [0.2, 0.25) is 5.91 Å². The van der Waals surface area contributed by atoms with E-state index in [0.717, 1.165) is 16.1 Å². The minimum atomic E-state index is -0.107. The Balaban J connectivity index is 1.97. The fourth-order valence-corrected chi connectivity index (χ4v) is 3.02. The minimum Gasteiger partial charge on any atom is -0.399 e. The molecule has 1 amide bonds. The molecule has 0 atom stereocenters. The molecule has 0 saturated carbocycles. The van der Waals surface area contributed by atoms with Crippen LogP contribution in [0.4, 0.5) is 11.4 Å². The molecule has 21 heavy (non-hydrogen) atoms. The van der Waals surface area contributed by atoms with E-state index in [1.165, 1.54) is 11.8 Å². The van der Waals surface area contributed by atoms with Crippen molar-refractivity contribution in [3.63, 3.8) is 0 Å². The number of nitrogens with one attached hydrogen (secondary N) is 1. The fourth-order valence-electron chi connectivity index (χ4n) is 1.73. The largest absolute Gasteiger partial charge is 0.399 e. The van der Waals surface area contributed by atoms with Gasteiger partial charge in [-0.2, -0.15) is 0 Å². The van der Waals surface area contributed by atoms with Gasteiger partial charge in [-0.3, -0.25) is 4.79 Å². The molecular formula is C15H14Cl2N2OS. The predicted octanol–water partition coefficient (Wildman–Crippen LogP) is 4.61. The second-order valence-corrected chi connectivity index (χ2v) is 6.35. The maximum Gasteiger partial charge on any atom is 0.234 e. The molecule has 0 aliphatic carbocycles. The van der Waals surface area contributed by atoms with Gasteiger partial charge in [0.05, 0.1) is 10.8 Å². The number of anilines is 2. The Morgan fingerprint density at radius 3 is 2.71 bits per heavy atom. The summed E-state index contributed by atoms with van der Waals surface area (Å²) in [4.78, 5) is 12.8. The van der Waals surface area contributed by atoms with Crippen LogP contribution in [-0.2, 0) is 4.79 Å². The van der Waals surface area contributed by atoms with Crippen molar-refractivity contribution in [2.24, 2.45) is 0 Å². The van der Waals surface area contributed by atoms with E-state index in [-0.39, 0.29) is 11.7 Å². The van der Waals surface area contributed by atoms with E-state index < -0.39 is 0 Å². The van der Waals surface area contributed by atoms with Crippen molar-refractivity contribution in [1.29, 1.82) is 0 Å². The number of nitrogens with two attached hydrogens (primary N) is 1. The first kappa shape index (κ1) is 16.0. The Kier molecular flexibility index (Phi) is 5.39. The molecule has 0 bridgehead atoms. The van der Waals surface area contributed by atoms with Crippen LogP contribution < -0.4 is 11.1 Å². The number of aryl methyl sites for hydroxylation is 1. The number of hydrogen-bond donors (Lipinski definition) is 2. The zero-order valence-electron chi connectivity index (χ0n) is 11.3. The lowest BCUT2D eigenvalue weighted by molar-refractivity contribution is -0.113. The molecule has 0 unspecified atom stereocenters. The Morgan fingerprint density at radius 2 is 2.00 bits per heavy atom. The summed E-state index contributed by atoms with van der Waals surface area (Å²) in [5.74, 6) is 0.148. The van der Waals surface area contributed by atoms with Gasteiger partial charge in [0, 0.05) is 21.3 Å². The average molecular weight is 341 g/mol. The molecule has 0 aliphatic rings. The van der Waals surface area contributed by atoms with E-state index in [1.807, 2.05) is 6.92 Å².